The van der Waals surface area contributed by atoms with E-state index in [1.165, 1.54) is 0 Å². The fourth-order valence-corrected chi connectivity index (χ4v) is 1.56. The summed E-state index contributed by atoms with van der Waals surface area (Å²) in [6, 6.07) is 5.54. The molecule has 0 amide bonds. The largest absolute Gasteiger partial charge is 0.496 e. The van der Waals surface area contributed by atoms with Gasteiger partial charge in [-0.05, 0) is 18.2 Å². The Labute approximate surface area is 90.2 Å². The molecule has 15 heavy (non-hydrogen) atoms. The van der Waals surface area contributed by atoms with Crippen LogP contribution >= 0.6 is 0 Å². The summed E-state index contributed by atoms with van der Waals surface area (Å²) < 4.78 is 10.4. The summed E-state index contributed by atoms with van der Waals surface area (Å²) in [7, 11) is 3.29. The highest BCUT2D eigenvalue weighted by atomic mass is 16.5. The van der Waals surface area contributed by atoms with Gasteiger partial charge in [-0.25, -0.2) is 0 Å². The van der Waals surface area contributed by atoms with E-state index in [1.54, 1.807) is 14.2 Å². The smallest absolute Gasteiger partial charge is 0.122 e. The van der Waals surface area contributed by atoms with Gasteiger partial charge in [0.05, 0.1) is 13.7 Å². The number of ether oxygens (including phenoxy) is 2. The van der Waals surface area contributed by atoms with Crippen molar-refractivity contribution in [3.8, 4) is 5.75 Å². The summed E-state index contributed by atoms with van der Waals surface area (Å²) in [6.07, 6.45) is 0. The molecule has 4 heteroatoms. The van der Waals surface area contributed by atoms with Crippen LogP contribution in [0, 0.1) is 0 Å². The molecular weight excluding hydrogens is 192 g/mol. The second-order valence-corrected chi connectivity index (χ2v) is 3.39. The van der Waals surface area contributed by atoms with Crippen LogP contribution in [0.25, 0.3) is 0 Å². The number of nitrogen functional groups attached to an aromatic ring is 1. The molecule has 1 unspecified atom stereocenters. The van der Waals surface area contributed by atoms with Gasteiger partial charge in [-0.2, -0.15) is 0 Å². The van der Waals surface area contributed by atoms with Crippen molar-refractivity contribution in [1.29, 1.82) is 0 Å². The Kier molecular flexibility index (Phi) is 4.39. The van der Waals surface area contributed by atoms with Crippen LogP contribution in [0.5, 0.6) is 5.75 Å². The van der Waals surface area contributed by atoms with E-state index in [-0.39, 0.29) is 5.92 Å². The summed E-state index contributed by atoms with van der Waals surface area (Å²) in [5, 5.41) is 0. The number of nitrogens with two attached hydrogens (primary N) is 2. The number of hydrogen-bond donors (Lipinski definition) is 2. The standard InChI is InChI=1S/C11H18N2O2/c1-14-7-8(6-12)10-5-9(13)3-4-11(10)15-2/h3-5,8H,6-7,12-13H2,1-2H3. The van der Waals surface area contributed by atoms with Gasteiger partial charge in [-0.3, -0.25) is 0 Å². The minimum absolute atomic E-state index is 0.119. The maximum absolute atomic E-state index is 5.73. The van der Waals surface area contributed by atoms with Gasteiger partial charge in [-0.15, -0.1) is 0 Å². The Morgan fingerprint density at radius 3 is 2.60 bits per heavy atom. The monoisotopic (exact) mass is 210 g/mol. The molecule has 1 atom stereocenters. The van der Waals surface area contributed by atoms with Crippen LogP contribution in [0.3, 0.4) is 0 Å². The van der Waals surface area contributed by atoms with Crippen molar-refractivity contribution in [2.24, 2.45) is 5.73 Å². The highest BCUT2D eigenvalue weighted by Crippen LogP contribution is 2.28. The second-order valence-electron chi connectivity index (χ2n) is 3.39. The van der Waals surface area contributed by atoms with E-state index < -0.39 is 0 Å². The average molecular weight is 210 g/mol. The second kappa shape index (κ2) is 5.58. The van der Waals surface area contributed by atoms with Gasteiger partial charge in [-0.1, -0.05) is 0 Å². The van der Waals surface area contributed by atoms with Gasteiger partial charge in [0.25, 0.3) is 0 Å². The van der Waals surface area contributed by atoms with Crippen LogP contribution in [-0.2, 0) is 4.74 Å². The zero-order chi connectivity index (χ0) is 11.3. The lowest BCUT2D eigenvalue weighted by Gasteiger charge is -2.17. The van der Waals surface area contributed by atoms with E-state index in [1.807, 2.05) is 18.2 Å². The first-order chi connectivity index (χ1) is 7.22. The first-order valence-corrected chi connectivity index (χ1v) is 4.85. The van der Waals surface area contributed by atoms with Crippen molar-refractivity contribution in [3.05, 3.63) is 23.8 Å². The molecule has 0 aliphatic carbocycles. The van der Waals surface area contributed by atoms with Gasteiger partial charge >= 0.3 is 0 Å². The quantitative estimate of drug-likeness (QED) is 0.710. The molecule has 0 spiro atoms. The van der Waals surface area contributed by atoms with Crippen LogP contribution < -0.4 is 16.2 Å². The molecule has 0 fully saturated rings. The van der Waals surface area contributed by atoms with Crippen LogP contribution in [-0.4, -0.2) is 27.4 Å². The molecule has 0 radical (unpaired) electrons. The summed E-state index contributed by atoms with van der Waals surface area (Å²) in [5.74, 6) is 0.921. The molecular formula is C11H18N2O2. The first kappa shape index (κ1) is 11.8. The van der Waals surface area contributed by atoms with Gasteiger partial charge in [0, 0.05) is 30.8 Å². The Bertz CT molecular complexity index is 315. The molecule has 4 N–H and O–H groups in total. The molecule has 84 valence electrons. The SMILES string of the molecule is COCC(CN)c1cc(N)ccc1OC. The van der Waals surface area contributed by atoms with Gasteiger partial charge < -0.3 is 20.9 Å². The van der Waals surface area contributed by atoms with E-state index in [9.17, 15) is 0 Å². The molecule has 0 bridgehead atoms. The third kappa shape index (κ3) is 2.84. The van der Waals surface area contributed by atoms with E-state index in [0.717, 1.165) is 11.3 Å². The molecule has 1 rings (SSSR count). The highest BCUT2D eigenvalue weighted by molar-refractivity contribution is 5.49. The summed E-state index contributed by atoms with van der Waals surface area (Å²) in [4.78, 5) is 0. The lowest BCUT2D eigenvalue weighted by atomic mass is 9.98. The van der Waals surface area contributed by atoms with E-state index in [2.05, 4.69) is 0 Å². The lowest BCUT2D eigenvalue weighted by molar-refractivity contribution is 0.180. The van der Waals surface area contributed by atoms with Gasteiger partial charge in [0.1, 0.15) is 5.75 Å². The molecule has 4 nitrogen and oxygen atoms in total. The third-order valence-corrected chi connectivity index (χ3v) is 2.35. The van der Waals surface area contributed by atoms with E-state index in [4.69, 9.17) is 20.9 Å². The zero-order valence-electron chi connectivity index (χ0n) is 9.19. The Hall–Kier alpha value is -1.26. The van der Waals surface area contributed by atoms with Crippen molar-refractivity contribution < 1.29 is 9.47 Å². The molecule has 0 aromatic heterocycles. The van der Waals surface area contributed by atoms with Crippen molar-refractivity contribution in [1.82, 2.24) is 0 Å². The molecule has 0 saturated carbocycles. The Balaban J connectivity index is 3.02. The zero-order valence-corrected chi connectivity index (χ0v) is 9.19. The molecule has 0 saturated heterocycles. The highest BCUT2D eigenvalue weighted by Gasteiger charge is 2.14. The third-order valence-electron chi connectivity index (χ3n) is 2.35. The normalized spacial score (nSPS) is 12.5. The number of methoxy groups -OCH3 is 2. The topological polar surface area (TPSA) is 70.5 Å². The summed E-state index contributed by atoms with van der Waals surface area (Å²) in [6.45, 7) is 1.07. The summed E-state index contributed by atoms with van der Waals surface area (Å²) in [5.41, 5.74) is 13.1. The maximum Gasteiger partial charge on any atom is 0.122 e. The van der Waals surface area contributed by atoms with E-state index >= 15 is 0 Å². The van der Waals surface area contributed by atoms with Crippen molar-refractivity contribution >= 4 is 5.69 Å². The minimum Gasteiger partial charge on any atom is -0.496 e. The van der Waals surface area contributed by atoms with Gasteiger partial charge in [0.15, 0.2) is 0 Å². The van der Waals surface area contributed by atoms with Crippen molar-refractivity contribution in [3.63, 3.8) is 0 Å². The number of rotatable bonds is 5. The van der Waals surface area contributed by atoms with Crippen LogP contribution in [0.4, 0.5) is 5.69 Å². The molecule has 1 aromatic carbocycles. The Morgan fingerprint density at radius 1 is 1.33 bits per heavy atom. The molecule has 1 aromatic rings. The van der Waals surface area contributed by atoms with Crippen LogP contribution in [0.1, 0.15) is 11.5 Å². The molecule has 0 heterocycles. The number of hydrogen-bond acceptors (Lipinski definition) is 4. The fourth-order valence-electron chi connectivity index (χ4n) is 1.56. The number of anilines is 1. The Morgan fingerprint density at radius 2 is 2.07 bits per heavy atom. The van der Waals surface area contributed by atoms with Crippen molar-refractivity contribution in [2.75, 3.05) is 33.1 Å². The first-order valence-electron chi connectivity index (χ1n) is 4.85. The molecule has 0 aliphatic rings. The number of benzene rings is 1. The van der Waals surface area contributed by atoms with Crippen LogP contribution in [0.2, 0.25) is 0 Å². The van der Waals surface area contributed by atoms with Gasteiger partial charge in [0.2, 0.25) is 0 Å². The average Bonchev–Trinajstić information content (AvgIpc) is 2.26. The predicted molar refractivity (Wildman–Crippen MR) is 61.1 cm³/mol. The minimum atomic E-state index is 0.119. The maximum atomic E-state index is 5.73. The van der Waals surface area contributed by atoms with Crippen molar-refractivity contribution in [2.45, 2.75) is 5.92 Å². The molecule has 0 aliphatic heterocycles. The van der Waals surface area contributed by atoms with Crippen LogP contribution in [0.15, 0.2) is 18.2 Å². The fraction of sp³-hybridized carbons (Fsp3) is 0.455. The van der Waals surface area contributed by atoms with E-state index in [0.29, 0.717) is 18.8 Å². The predicted octanol–water partition coefficient (Wildman–Crippen LogP) is 0.966. The summed E-state index contributed by atoms with van der Waals surface area (Å²) >= 11 is 0. The lowest BCUT2D eigenvalue weighted by Crippen LogP contribution is -2.18.